The minimum atomic E-state index is -0.896. The standard InChI is InChI=1S/C12H18N2O2/c1-2-8-14-9-7-13-11(14)12(16)5-3-10(15)4-6-12/h7,9,16H,2-6,8H2,1H3. The van der Waals surface area contributed by atoms with E-state index in [0.717, 1.165) is 18.8 Å². The Bertz CT molecular complexity index is 374. The molecule has 1 aromatic rings. The maximum Gasteiger partial charge on any atom is 0.140 e. The van der Waals surface area contributed by atoms with Gasteiger partial charge >= 0.3 is 0 Å². The minimum Gasteiger partial charge on any atom is -0.382 e. The highest BCUT2D eigenvalue weighted by atomic mass is 16.3. The quantitative estimate of drug-likeness (QED) is 0.845. The largest absolute Gasteiger partial charge is 0.382 e. The molecule has 1 aromatic heterocycles. The van der Waals surface area contributed by atoms with Gasteiger partial charge in [0.05, 0.1) is 0 Å². The third-order valence-electron chi connectivity index (χ3n) is 3.23. The smallest absolute Gasteiger partial charge is 0.140 e. The zero-order valence-electron chi connectivity index (χ0n) is 9.65. The molecule has 2 rings (SSSR count). The third kappa shape index (κ3) is 2.02. The topological polar surface area (TPSA) is 55.1 Å². The van der Waals surface area contributed by atoms with Crippen LogP contribution < -0.4 is 0 Å². The van der Waals surface area contributed by atoms with E-state index < -0.39 is 5.60 Å². The zero-order valence-corrected chi connectivity index (χ0v) is 9.65. The Morgan fingerprint density at radius 1 is 1.50 bits per heavy atom. The molecular weight excluding hydrogens is 204 g/mol. The summed E-state index contributed by atoms with van der Waals surface area (Å²) >= 11 is 0. The summed E-state index contributed by atoms with van der Waals surface area (Å²) in [6, 6.07) is 0. The Morgan fingerprint density at radius 2 is 2.19 bits per heavy atom. The molecule has 1 fully saturated rings. The van der Waals surface area contributed by atoms with Gasteiger partial charge in [-0.05, 0) is 19.3 Å². The lowest BCUT2D eigenvalue weighted by atomic mass is 9.83. The van der Waals surface area contributed by atoms with Crippen molar-refractivity contribution < 1.29 is 9.90 Å². The lowest BCUT2D eigenvalue weighted by molar-refractivity contribution is -0.126. The Labute approximate surface area is 95.3 Å². The van der Waals surface area contributed by atoms with Crippen molar-refractivity contribution in [1.29, 1.82) is 0 Å². The van der Waals surface area contributed by atoms with Crippen molar-refractivity contribution in [3.63, 3.8) is 0 Å². The summed E-state index contributed by atoms with van der Waals surface area (Å²) in [6.45, 7) is 2.96. The van der Waals surface area contributed by atoms with Gasteiger partial charge in [0.15, 0.2) is 0 Å². The van der Waals surface area contributed by atoms with Crippen LogP contribution in [0.4, 0.5) is 0 Å². The Morgan fingerprint density at radius 3 is 2.81 bits per heavy atom. The zero-order chi connectivity index (χ0) is 11.6. The third-order valence-corrected chi connectivity index (χ3v) is 3.23. The molecule has 0 bridgehead atoms. The number of rotatable bonds is 3. The van der Waals surface area contributed by atoms with Crippen LogP contribution in [-0.4, -0.2) is 20.4 Å². The fourth-order valence-corrected chi connectivity index (χ4v) is 2.30. The van der Waals surface area contributed by atoms with Crippen molar-refractivity contribution in [1.82, 2.24) is 9.55 Å². The molecule has 4 nitrogen and oxygen atoms in total. The van der Waals surface area contributed by atoms with E-state index in [0.29, 0.717) is 25.7 Å². The predicted molar refractivity (Wildman–Crippen MR) is 59.9 cm³/mol. The van der Waals surface area contributed by atoms with Gasteiger partial charge in [-0.25, -0.2) is 4.98 Å². The molecule has 0 unspecified atom stereocenters. The SMILES string of the molecule is CCCn1ccnc1C1(O)CCC(=O)CC1. The highest BCUT2D eigenvalue weighted by Crippen LogP contribution is 2.34. The van der Waals surface area contributed by atoms with Gasteiger partial charge < -0.3 is 9.67 Å². The summed E-state index contributed by atoms with van der Waals surface area (Å²) in [6.07, 6.45) is 6.58. The molecule has 0 aromatic carbocycles. The second-order valence-electron chi connectivity index (χ2n) is 4.51. The number of nitrogens with zero attached hydrogens (tertiary/aromatic N) is 2. The van der Waals surface area contributed by atoms with Crippen LogP contribution in [0.2, 0.25) is 0 Å². The molecule has 4 heteroatoms. The summed E-state index contributed by atoms with van der Waals surface area (Å²) in [7, 11) is 0. The van der Waals surface area contributed by atoms with Crippen molar-refractivity contribution in [3.05, 3.63) is 18.2 Å². The average Bonchev–Trinajstić information content (AvgIpc) is 2.72. The van der Waals surface area contributed by atoms with Crippen LogP contribution in [-0.2, 0) is 16.9 Å². The van der Waals surface area contributed by atoms with Crippen LogP contribution in [0, 0.1) is 0 Å². The molecule has 1 aliphatic carbocycles. The maximum absolute atomic E-state index is 11.2. The van der Waals surface area contributed by atoms with Crippen LogP contribution in [0.3, 0.4) is 0 Å². The van der Waals surface area contributed by atoms with Gasteiger partial charge in [-0.3, -0.25) is 4.79 Å². The van der Waals surface area contributed by atoms with E-state index in [1.54, 1.807) is 6.20 Å². The van der Waals surface area contributed by atoms with E-state index in [1.165, 1.54) is 0 Å². The molecule has 0 amide bonds. The average molecular weight is 222 g/mol. The van der Waals surface area contributed by atoms with Gasteiger partial charge in [0, 0.05) is 31.8 Å². The van der Waals surface area contributed by atoms with Crippen LogP contribution in [0.25, 0.3) is 0 Å². The van der Waals surface area contributed by atoms with E-state index in [1.807, 2.05) is 10.8 Å². The first kappa shape index (κ1) is 11.3. The Kier molecular flexibility index (Phi) is 3.10. The van der Waals surface area contributed by atoms with Crippen LogP contribution in [0.15, 0.2) is 12.4 Å². The first-order valence-corrected chi connectivity index (χ1v) is 5.91. The van der Waals surface area contributed by atoms with Crippen molar-refractivity contribution in [2.45, 2.75) is 51.2 Å². The monoisotopic (exact) mass is 222 g/mol. The second-order valence-corrected chi connectivity index (χ2v) is 4.51. The number of carbonyl (C=O) groups is 1. The molecular formula is C12H18N2O2. The summed E-state index contributed by atoms with van der Waals surface area (Å²) in [5.74, 6) is 0.972. The van der Waals surface area contributed by atoms with Crippen LogP contribution in [0.5, 0.6) is 0 Å². The number of hydrogen-bond acceptors (Lipinski definition) is 3. The molecule has 16 heavy (non-hydrogen) atoms. The van der Waals surface area contributed by atoms with Gasteiger partial charge in [-0.15, -0.1) is 0 Å². The number of Topliss-reactive ketones (excluding diaryl/α,β-unsaturated/α-hetero) is 1. The van der Waals surface area contributed by atoms with E-state index in [2.05, 4.69) is 11.9 Å². The predicted octanol–water partition coefficient (Wildman–Crippen LogP) is 1.62. The number of aromatic nitrogens is 2. The molecule has 0 spiro atoms. The van der Waals surface area contributed by atoms with Gasteiger partial charge in [0.1, 0.15) is 17.2 Å². The number of aryl methyl sites for hydroxylation is 1. The van der Waals surface area contributed by atoms with Crippen LogP contribution in [0.1, 0.15) is 44.9 Å². The molecule has 0 radical (unpaired) electrons. The van der Waals surface area contributed by atoms with Crippen molar-refractivity contribution in [2.24, 2.45) is 0 Å². The van der Waals surface area contributed by atoms with Crippen molar-refractivity contribution in [3.8, 4) is 0 Å². The normalized spacial score (nSPS) is 20.0. The van der Waals surface area contributed by atoms with Gasteiger partial charge in [0.2, 0.25) is 0 Å². The fraction of sp³-hybridized carbons (Fsp3) is 0.667. The maximum atomic E-state index is 11.2. The molecule has 88 valence electrons. The van der Waals surface area contributed by atoms with E-state index in [4.69, 9.17) is 0 Å². The molecule has 1 aliphatic rings. The van der Waals surface area contributed by atoms with Gasteiger partial charge in [-0.1, -0.05) is 6.92 Å². The number of carbonyl (C=O) groups excluding carboxylic acids is 1. The highest BCUT2D eigenvalue weighted by Gasteiger charge is 2.37. The molecule has 0 atom stereocenters. The Hall–Kier alpha value is -1.16. The number of hydrogen-bond donors (Lipinski definition) is 1. The van der Waals surface area contributed by atoms with E-state index in [-0.39, 0.29) is 5.78 Å². The van der Waals surface area contributed by atoms with E-state index in [9.17, 15) is 9.90 Å². The van der Waals surface area contributed by atoms with Gasteiger partial charge in [-0.2, -0.15) is 0 Å². The first-order chi connectivity index (χ1) is 7.65. The van der Waals surface area contributed by atoms with E-state index >= 15 is 0 Å². The van der Waals surface area contributed by atoms with Crippen molar-refractivity contribution in [2.75, 3.05) is 0 Å². The molecule has 0 saturated heterocycles. The van der Waals surface area contributed by atoms with Gasteiger partial charge in [0.25, 0.3) is 0 Å². The first-order valence-electron chi connectivity index (χ1n) is 5.91. The Balaban J connectivity index is 2.21. The highest BCUT2D eigenvalue weighted by molar-refractivity contribution is 5.79. The summed E-state index contributed by atoms with van der Waals surface area (Å²) < 4.78 is 2.00. The second kappa shape index (κ2) is 4.37. The fourth-order valence-electron chi connectivity index (χ4n) is 2.30. The minimum absolute atomic E-state index is 0.248. The lowest BCUT2D eigenvalue weighted by Gasteiger charge is -2.31. The summed E-state index contributed by atoms with van der Waals surface area (Å²) in [5.41, 5.74) is -0.896. The summed E-state index contributed by atoms with van der Waals surface area (Å²) in [4.78, 5) is 15.4. The molecule has 0 aliphatic heterocycles. The number of ketones is 1. The lowest BCUT2D eigenvalue weighted by Crippen LogP contribution is -2.34. The van der Waals surface area contributed by atoms with Crippen molar-refractivity contribution >= 4 is 5.78 Å². The van der Waals surface area contributed by atoms with Crippen LogP contribution >= 0.6 is 0 Å². The molecule has 1 N–H and O–H groups in total. The molecule has 1 heterocycles. The summed E-state index contributed by atoms with van der Waals surface area (Å²) in [5, 5.41) is 10.5. The molecule has 1 saturated carbocycles. The number of imidazole rings is 1. The number of aliphatic hydroxyl groups is 1.